The van der Waals surface area contributed by atoms with Crippen LogP contribution in [0, 0.1) is 0 Å². The Labute approximate surface area is 159 Å². The van der Waals surface area contributed by atoms with Gasteiger partial charge in [-0.25, -0.2) is 13.8 Å². The van der Waals surface area contributed by atoms with Crippen molar-refractivity contribution in [3.63, 3.8) is 0 Å². The predicted octanol–water partition coefficient (Wildman–Crippen LogP) is 1.60. The van der Waals surface area contributed by atoms with Gasteiger partial charge in [0, 0.05) is 31.5 Å². The van der Waals surface area contributed by atoms with Crippen molar-refractivity contribution in [2.24, 2.45) is 0 Å². The van der Waals surface area contributed by atoms with Crippen LogP contribution >= 0.6 is 0 Å². The number of hydrogen-bond acceptors (Lipinski definition) is 7. The molecule has 0 aliphatic carbocycles. The Hall–Kier alpha value is -2.82. The van der Waals surface area contributed by atoms with E-state index in [0.717, 1.165) is 5.56 Å². The fourth-order valence-electron chi connectivity index (χ4n) is 3.74. The highest BCUT2D eigenvalue weighted by atomic mass is 19.1. The summed E-state index contributed by atoms with van der Waals surface area (Å²) in [5, 5.41) is 14.2. The van der Waals surface area contributed by atoms with E-state index >= 15 is 0 Å². The van der Waals surface area contributed by atoms with Gasteiger partial charge in [-0.1, -0.05) is 0 Å². The average Bonchev–Trinajstić information content (AvgIpc) is 3.43. The molecular weight excluding hydrogens is 370 g/mol. The molecule has 0 radical (unpaired) electrons. The van der Waals surface area contributed by atoms with Crippen LogP contribution < -0.4 is 10.2 Å². The second kappa shape index (κ2) is 6.97. The molecule has 28 heavy (non-hydrogen) atoms. The van der Waals surface area contributed by atoms with E-state index in [1.165, 1.54) is 0 Å². The van der Waals surface area contributed by atoms with Crippen LogP contribution in [0.4, 0.5) is 20.4 Å². The van der Waals surface area contributed by atoms with Gasteiger partial charge in [-0.2, -0.15) is 14.6 Å². The SMILES string of the molecule is F[C@H]1CCN(c2c(-c3cn[nH]c3)ncn3nc(N[C@H]4CCOC[C@H]4F)nc23)C1. The van der Waals surface area contributed by atoms with E-state index in [0.29, 0.717) is 49.0 Å². The van der Waals surface area contributed by atoms with Crippen LogP contribution in [0.5, 0.6) is 0 Å². The van der Waals surface area contributed by atoms with Crippen LogP contribution in [0.3, 0.4) is 0 Å². The molecule has 2 aliphatic rings. The molecule has 2 aliphatic heterocycles. The lowest BCUT2D eigenvalue weighted by molar-refractivity contribution is 0.0284. The second-order valence-electron chi connectivity index (χ2n) is 7.09. The highest BCUT2D eigenvalue weighted by Gasteiger charge is 2.30. The third-order valence-corrected chi connectivity index (χ3v) is 5.18. The number of aromatic amines is 1. The van der Waals surface area contributed by atoms with Gasteiger partial charge in [0.1, 0.15) is 30.1 Å². The summed E-state index contributed by atoms with van der Waals surface area (Å²) in [6.07, 6.45) is 3.93. The molecule has 2 fully saturated rings. The van der Waals surface area contributed by atoms with Gasteiger partial charge >= 0.3 is 0 Å². The lowest BCUT2D eigenvalue weighted by Crippen LogP contribution is -2.39. The molecular formula is C17H20F2N8O. The van der Waals surface area contributed by atoms with E-state index in [1.807, 2.05) is 4.90 Å². The third-order valence-electron chi connectivity index (χ3n) is 5.18. The average molecular weight is 390 g/mol. The summed E-state index contributed by atoms with van der Waals surface area (Å²) in [6, 6.07) is -0.405. The molecule has 0 aromatic carbocycles. The van der Waals surface area contributed by atoms with Gasteiger partial charge in [-0.05, 0) is 12.8 Å². The highest BCUT2D eigenvalue weighted by molar-refractivity contribution is 5.85. The summed E-state index contributed by atoms with van der Waals surface area (Å²) in [5.74, 6) is 0.318. The summed E-state index contributed by atoms with van der Waals surface area (Å²) in [4.78, 5) is 11.0. The van der Waals surface area contributed by atoms with Crippen LogP contribution in [0.25, 0.3) is 16.9 Å². The predicted molar refractivity (Wildman–Crippen MR) is 97.8 cm³/mol. The molecule has 3 aromatic rings. The summed E-state index contributed by atoms with van der Waals surface area (Å²) in [6.45, 7) is 1.40. The van der Waals surface area contributed by atoms with E-state index in [9.17, 15) is 8.78 Å². The number of alkyl halides is 2. The number of fused-ring (bicyclic) bond motifs is 1. The Balaban J connectivity index is 1.56. The summed E-state index contributed by atoms with van der Waals surface area (Å²) >= 11 is 0. The maximum Gasteiger partial charge on any atom is 0.243 e. The minimum absolute atomic E-state index is 0.0636. The lowest BCUT2D eigenvalue weighted by atomic mass is 10.1. The number of halogens is 2. The summed E-state index contributed by atoms with van der Waals surface area (Å²) in [7, 11) is 0. The van der Waals surface area contributed by atoms with Crippen LogP contribution in [0.15, 0.2) is 18.7 Å². The van der Waals surface area contributed by atoms with E-state index in [4.69, 9.17) is 4.74 Å². The van der Waals surface area contributed by atoms with Crippen LogP contribution in [-0.2, 0) is 4.74 Å². The van der Waals surface area contributed by atoms with Gasteiger partial charge < -0.3 is 15.0 Å². The normalized spacial score (nSPS) is 25.5. The molecule has 5 heterocycles. The van der Waals surface area contributed by atoms with Crippen molar-refractivity contribution in [3.05, 3.63) is 18.7 Å². The van der Waals surface area contributed by atoms with Crippen molar-refractivity contribution in [2.75, 3.05) is 36.5 Å². The first-order chi connectivity index (χ1) is 13.7. The van der Waals surface area contributed by atoms with Gasteiger partial charge in [0.05, 0.1) is 18.8 Å². The Morgan fingerprint density at radius 1 is 1.29 bits per heavy atom. The minimum Gasteiger partial charge on any atom is -0.378 e. The number of hydrogen-bond donors (Lipinski definition) is 2. The Morgan fingerprint density at radius 2 is 2.21 bits per heavy atom. The highest BCUT2D eigenvalue weighted by Crippen LogP contribution is 2.34. The monoisotopic (exact) mass is 390 g/mol. The number of nitrogens with zero attached hydrogens (tertiary/aromatic N) is 6. The Kier molecular flexibility index (Phi) is 4.30. The summed E-state index contributed by atoms with van der Waals surface area (Å²) in [5.41, 5.74) is 2.69. The number of ether oxygens (including phenoxy) is 1. The van der Waals surface area contributed by atoms with Crippen LogP contribution in [0.2, 0.25) is 0 Å². The zero-order chi connectivity index (χ0) is 19.1. The largest absolute Gasteiger partial charge is 0.378 e. The van der Waals surface area contributed by atoms with Crippen molar-refractivity contribution in [2.45, 2.75) is 31.2 Å². The molecule has 0 saturated carbocycles. The van der Waals surface area contributed by atoms with E-state index < -0.39 is 18.4 Å². The molecule has 0 amide bonds. The standard InChI is InChI=1S/C17H20F2N8O/c18-11-1-3-26(7-11)15-14(10-5-21-22-6-10)20-9-27-16(15)24-17(25-27)23-13-2-4-28-8-12(13)19/h5-6,9,11-13H,1-4,7-8H2,(H,21,22)(H,23,25)/t11-,12+,13-/m0/s1. The molecule has 3 aromatic heterocycles. The first kappa shape index (κ1) is 17.3. The molecule has 3 atom stereocenters. The Bertz CT molecular complexity index is 962. The van der Waals surface area contributed by atoms with Crippen LogP contribution in [0.1, 0.15) is 12.8 Å². The van der Waals surface area contributed by atoms with Crippen molar-refractivity contribution < 1.29 is 13.5 Å². The number of nitrogens with one attached hydrogen (secondary N) is 2. The maximum atomic E-state index is 14.1. The fourth-order valence-corrected chi connectivity index (χ4v) is 3.74. The van der Waals surface area contributed by atoms with Crippen LogP contribution in [-0.4, -0.2) is 74.5 Å². The fraction of sp³-hybridized carbons (Fsp3) is 0.529. The molecule has 5 rings (SSSR count). The smallest absolute Gasteiger partial charge is 0.243 e. The molecule has 0 spiro atoms. The molecule has 0 unspecified atom stereocenters. The molecule has 9 nitrogen and oxygen atoms in total. The van der Waals surface area contributed by atoms with Gasteiger partial charge in [-0.3, -0.25) is 5.10 Å². The molecule has 11 heteroatoms. The first-order valence-corrected chi connectivity index (χ1v) is 9.31. The van der Waals surface area contributed by atoms with E-state index in [-0.39, 0.29) is 13.2 Å². The molecule has 2 N–H and O–H groups in total. The lowest BCUT2D eigenvalue weighted by Gasteiger charge is -2.26. The van der Waals surface area contributed by atoms with Crippen molar-refractivity contribution in [1.29, 1.82) is 0 Å². The summed E-state index contributed by atoms with van der Waals surface area (Å²) < 4.78 is 34.7. The Morgan fingerprint density at radius 3 is 2.96 bits per heavy atom. The number of anilines is 2. The zero-order valence-electron chi connectivity index (χ0n) is 15.1. The minimum atomic E-state index is -1.12. The quantitative estimate of drug-likeness (QED) is 0.699. The molecule has 0 bridgehead atoms. The maximum absolute atomic E-state index is 14.1. The molecule has 2 saturated heterocycles. The van der Waals surface area contributed by atoms with Crippen molar-refractivity contribution >= 4 is 17.3 Å². The van der Waals surface area contributed by atoms with Gasteiger partial charge in [-0.15, -0.1) is 5.10 Å². The number of H-pyrrole nitrogens is 1. The van der Waals surface area contributed by atoms with Crippen molar-refractivity contribution in [1.82, 2.24) is 29.8 Å². The topological polar surface area (TPSA) is 96.3 Å². The van der Waals surface area contributed by atoms with E-state index in [2.05, 4.69) is 30.6 Å². The van der Waals surface area contributed by atoms with Gasteiger partial charge in [0.2, 0.25) is 5.95 Å². The molecule has 148 valence electrons. The number of rotatable bonds is 4. The van der Waals surface area contributed by atoms with E-state index in [1.54, 1.807) is 23.2 Å². The first-order valence-electron chi connectivity index (χ1n) is 9.31. The van der Waals surface area contributed by atoms with Gasteiger partial charge in [0.25, 0.3) is 0 Å². The number of aromatic nitrogens is 6. The third kappa shape index (κ3) is 3.05. The second-order valence-corrected chi connectivity index (χ2v) is 7.09. The van der Waals surface area contributed by atoms with Crippen molar-refractivity contribution in [3.8, 4) is 11.3 Å². The van der Waals surface area contributed by atoms with Gasteiger partial charge in [0.15, 0.2) is 5.65 Å². The zero-order valence-corrected chi connectivity index (χ0v) is 15.1.